The number of hydrogen-bond acceptors (Lipinski definition) is 5. The fourth-order valence-electron chi connectivity index (χ4n) is 3.62. The molecule has 0 radical (unpaired) electrons. The quantitative estimate of drug-likeness (QED) is 0.224. The fourth-order valence-corrected chi connectivity index (χ4v) is 4.09. The van der Waals surface area contributed by atoms with Crippen molar-refractivity contribution < 1.29 is 14.3 Å². The van der Waals surface area contributed by atoms with Gasteiger partial charge in [0.1, 0.15) is 5.82 Å². The van der Waals surface area contributed by atoms with E-state index < -0.39 is 0 Å². The number of carbonyl (C=O) groups excluding carboxylic acids is 1. The van der Waals surface area contributed by atoms with Crippen molar-refractivity contribution in [3.63, 3.8) is 0 Å². The highest BCUT2D eigenvalue weighted by molar-refractivity contribution is 9.10. The number of halogens is 1. The second kappa shape index (κ2) is 11.9. The van der Waals surface area contributed by atoms with Crippen LogP contribution < -0.4 is 20.1 Å². The summed E-state index contributed by atoms with van der Waals surface area (Å²) in [5, 5.41) is 6.29. The van der Waals surface area contributed by atoms with Crippen LogP contribution in [0.15, 0.2) is 65.1 Å². The predicted molar refractivity (Wildman–Crippen MR) is 142 cm³/mol. The average molecular weight is 537 g/mol. The number of ether oxygens (including phenoxy) is 2. The lowest BCUT2D eigenvalue weighted by atomic mass is 10.2. The van der Waals surface area contributed by atoms with Gasteiger partial charge in [0.25, 0.3) is 5.91 Å². The van der Waals surface area contributed by atoms with Gasteiger partial charge in [0.2, 0.25) is 0 Å². The first-order chi connectivity index (χ1) is 17.0. The largest absolute Gasteiger partial charge is 0.490 e. The van der Waals surface area contributed by atoms with Crippen molar-refractivity contribution in [1.82, 2.24) is 15.3 Å². The molecule has 182 valence electrons. The minimum Gasteiger partial charge on any atom is -0.490 e. The van der Waals surface area contributed by atoms with Crippen LogP contribution in [0.25, 0.3) is 11.0 Å². The number of amides is 1. The molecule has 0 aliphatic rings. The summed E-state index contributed by atoms with van der Waals surface area (Å²) in [7, 11) is 0. The Bertz CT molecular complexity index is 1250. The van der Waals surface area contributed by atoms with Crippen molar-refractivity contribution in [1.29, 1.82) is 0 Å². The summed E-state index contributed by atoms with van der Waals surface area (Å²) in [4.78, 5) is 20.3. The van der Waals surface area contributed by atoms with E-state index in [0.717, 1.165) is 51.1 Å². The molecular weight excluding hydrogens is 508 g/mol. The number of aromatic nitrogens is 2. The highest BCUT2D eigenvalue weighted by Gasteiger charge is 2.13. The molecular formula is C27H29BrN4O3. The van der Waals surface area contributed by atoms with Gasteiger partial charge in [-0.05, 0) is 55.8 Å². The van der Waals surface area contributed by atoms with Crippen molar-refractivity contribution in [3.05, 3.63) is 82.1 Å². The maximum atomic E-state index is 12.3. The number of fused-ring (bicyclic) bond motifs is 1. The van der Waals surface area contributed by atoms with Crippen LogP contribution in [0.4, 0.5) is 5.69 Å². The number of rotatable bonds is 11. The Labute approximate surface area is 213 Å². The van der Waals surface area contributed by atoms with Crippen LogP contribution in [0.5, 0.6) is 11.5 Å². The van der Waals surface area contributed by atoms with E-state index in [-0.39, 0.29) is 12.5 Å². The van der Waals surface area contributed by atoms with E-state index in [1.54, 1.807) is 0 Å². The number of H-pyrrole nitrogens is 1. The number of aryl methyl sites for hydroxylation is 1. The van der Waals surface area contributed by atoms with E-state index in [1.165, 1.54) is 0 Å². The first-order valence-corrected chi connectivity index (χ1v) is 12.4. The van der Waals surface area contributed by atoms with Crippen molar-refractivity contribution in [2.45, 2.75) is 26.8 Å². The van der Waals surface area contributed by atoms with Gasteiger partial charge in [-0.2, -0.15) is 0 Å². The van der Waals surface area contributed by atoms with Crippen molar-refractivity contribution >= 4 is 38.6 Å². The topological polar surface area (TPSA) is 88.3 Å². The Morgan fingerprint density at radius 2 is 1.83 bits per heavy atom. The smallest absolute Gasteiger partial charge is 0.262 e. The normalized spacial score (nSPS) is 10.9. The highest BCUT2D eigenvalue weighted by Crippen LogP contribution is 2.34. The molecule has 35 heavy (non-hydrogen) atoms. The summed E-state index contributed by atoms with van der Waals surface area (Å²) < 4.78 is 12.5. The first kappa shape index (κ1) is 24.8. The molecule has 7 nitrogen and oxygen atoms in total. The van der Waals surface area contributed by atoms with Gasteiger partial charge in [0.05, 0.1) is 17.6 Å². The fraction of sp³-hybridized carbons (Fsp3) is 0.259. The summed E-state index contributed by atoms with van der Waals surface area (Å²) in [6.45, 7) is 5.72. The predicted octanol–water partition coefficient (Wildman–Crippen LogP) is 5.38. The van der Waals surface area contributed by atoms with Crippen LogP contribution in [-0.2, 0) is 17.8 Å². The molecule has 4 rings (SSSR count). The van der Waals surface area contributed by atoms with Crippen LogP contribution in [0.1, 0.15) is 23.9 Å². The molecule has 0 aliphatic heterocycles. The van der Waals surface area contributed by atoms with Gasteiger partial charge in [0, 0.05) is 29.7 Å². The molecule has 0 saturated heterocycles. The van der Waals surface area contributed by atoms with Gasteiger partial charge in [-0.25, -0.2) is 4.98 Å². The molecule has 3 aromatic carbocycles. The minimum absolute atomic E-state index is 0.116. The Morgan fingerprint density at radius 1 is 1.06 bits per heavy atom. The summed E-state index contributed by atoms with van der Waals surface area (Å²) in [5.41, 5.74) is 4.94. The van der Waals surface area contributed by atoms with Crippen LogP contribution in [-0.4, -0.2) is 35.6 Å². The van der Waals surface area contributed by atoms with E-state index in [0.29, 0.717) is 24.7 Å². The Hall–Kier alpha value is -3.36. The minimum atomic E-state index is -0.233. The Morgan fingerprint density at radius 3 is 2.60 bits per heavy atom. The van der Waals surface area contributed by atoms with E-state index in [4.69, 9.17) is 9.47 Å². The van der Waals surface area contributed by atoms with Crippen LogP contribution >= 0.6 is 15.9 Å². The first-order valence-electron chi connectivity index (χ1n) is 11.6. The zero-order valence-electron chi connectivity index (χ0n) is 19.9. The summed E-state index contributed by atoms with van der Waals surface area (Å²) in [6, 6.07) is 19.4. The highest BCUT2D eigenvalue weighted by atomic mass is 79.9. The molecule has 0 atom stereocenters. The van der Waals surface area contributed by atoms with Gasteiger partial charge in [-0.15, -0.1) is 0 Å². The number of hydrogen-bond donors (Lipinski definition) is 3. The monoisotopic (exact) mass is 536 g/mol. The lowest BCUT2D eigenvalue weighted by Crippen LogP contribution is -2.20. The molecule has 1 heterocycles. The lowest BCUT2D eigenvalue weighted by molar-refractivity contribution is -0.118. The summed E-state index contributed by atoms with van der Waals surface area (Å²) in [5.74, 6) is 1.85. The van der Waals surface area contributed by atoms with Gasteiger partial charge in [-0.1, -0.05) is 45.8 Å². The molecule has 8 heteroatoms. The molecule has 0 fully saturated rings. The second-order valence-electron chi connectivity index (χ2n) is 8.15. The van der Waals surface area contributed by atoms with Gasteiger partial charge in [0.15, 0.2) is 18.1 Å². The zero-order valence-corrected chi connectivity index (χ0v) is 21.4. The van der Waals surface area contributed by atoms with Gasteiger partial charge in [-0.3, -0.25) is 4.79 Å². The number of benzene rings is 3. The third-order valence-electron chi connectivity index (χ3n) is 5.40. The number of nitrogens with zero attached hydrogens (tertiary/aromatic N) is 1. The third kappa shape index (κ3) is 6.83. The van der Waals surface area contributed by atoms with Crippen molar-refractivity contribution in [2.24, 2.45) is 0 Å². The number of anilines is 1. The zero-order chi connectivity index (χ0) is 24.6. The molecule has 3 N–H and O–H groups in total. The Kier molecular flexibility index (Phi) is 8.39. The molecule has 0 saturated carbocycles. The van der Waals surface area contributed by atoms with E-state index >= 15 is 0 Å². The van der Waals surface area contributed by atoms with Gasteiger partial charge < -0.3 is 25.1 Å². The van der Waals surface area contributed by atoms with Crippen LogP contribution in [0.2, 0.25) is 0 Å². The lowest BCUT2D eigenvalue weighted by Gasteiger charge is -2.15. The maximum absolute atomic E-state index is 12.3. The van der Waals surface area contributed by atoms with Crippen molar-refractivity contribution in [2.75, 3.05) is 25.1 Å². The van der Waals surface area contributed by atoms with Crippen molar-refractivity contribution in [3.8, 4) is 11.5 Å². The molecule has 0 spiro atoms. The third-order valence-corrected chi connectivity index (χ3v) is 6.14. The molecule has 1 amide bonds. The van der Waals surface area contributed by atoms with E-state index in [9.17, 15) is 4.79 Å². The van der Waals surface area contributed by atoms with Crippen LogP contribution in [0.3, 0.4) is 0 Å². The molecule has 1 aromatic heterocycles. The molecule has 0 unspecified atom stereocenters. The number of aromatic amines is 1. The number of para-hydroxylation sites is 2. The Balaban J connectivity index is 1.32. The number of carbonyl (C=O) groups is 1. The summed E-state index contributed by atoms with van der Waals surface area (Å²) >= 11 is 3.63. The standard InChI is InChI=1S/C27H29BrN4O3/c1-3-34-24-14-19(16-29-13-12-26-31-22-6-4-5-7-23(22)32-26)21(28)15-25(24)35-17-27(33)30-20-10-8-18(2)9-11-20/h4-11,14-15,29H,3,12-13,16-17H2,1-2H3,(H,30,33)(H,31,32). The van der Waals surface area contributed by atoms with Crippen LogP contribution in [0, 0.1) is 6.92 Å². The number of imidazole rings is 1. The maximum Gasteiger partial charge on any atom is 0.262 e. The average Bonchev–Trinajstić information content (AvgIpc) is 3.27. The number of nitrogens with one attached hydrogen (secondary N) is 3. The molecule has 0 bridgehead atoms. The molecule has 0 aliphatic carbocycles. The van der Waals surface area contributed by atoms with E-state index in [1.807, 2.05) is 74.5 Å². The summed E-state index contributed by atoms with van der Waals surface area (Å²) in [6.07, 6.45) is 0.794. The van der Waals surface area contributed by atoms with Gasteiger partial charge >= 0.3 is 0 Å². The second-order valence-corrected chi connectivity index (χ2v) is 9.01. The van der Waals surface area contributed by atoms with E-state index in [2.05, 4.69) is 36.5 Å². The molecule has 4 aromatic rings. The SMILES string of the molecule is CCOc1cc(CNCCc2nc3ccccc3[nH]2)c(Br)cc1OCC(=O)Nc1ccc(C)cc1.